The van der Waals surface area contributed by atoms with E-state index in [0.29, 0.717) is 71.5 Å². The summed E-state index contributed by atoms with van der Waals surface area (Å²) in [5, 5.41) is 20.5. The van der Waals surface area contributed by atoms with Gasteiger partial charge in [0.05, 0.1) is 12.1 Å². The highest BCUT2D eigenvalue weighted by Gasteiger charge is 2.65. The maximum absolute atomic E-state index is 16.9. The second-order valence-corrected chi connectivity index (χ2v) is 38.9. The fourth-order valence-electron chi connectivity index (χ4n) is 24.9. The fraction of sp³-hybridized carbons (Fsp3) is 0.817. The Labute approximate surface area is 561 Å². The number of rotatable bonds is 31. The molecule has 12 bridgehead atoms. The third-order valence-electron chi connectivity index (χ3n) is 32.5. The Hall–Kier alpha value is -3.08. The molecule has 0 aromatic heterocycles. The van der Waals surface area contributed by atoms with Gasteiger partial charge in [-0.3, -0.25) is 19.9 Å². The van der Waals surface area contributed by atoms with Crippen LogP contribution in [-0.4, -0.2) is 76.2 Å². The Balaban J connectivity index is 0.876. The van der Waals surface area contributed by atoms with E-state index in [1.807, 2.05) is 11.8 Å². The molecule has 6 saturated carbocycles. The molecule has 10 heteroatoms. The highest BCUT2D eigenvalue weighted by Crippen LogP contribution is 2.68. The third-order valence-corrected chi connectivity index (χ3v) is 34.0. The molecule has 0 spiro atoms. The van der Waals surface area contributed by atoms with Crippen LogP contribution >= 0.6 is 11.8 Å². The first-order valence-corrected chi connectivity index (χ1v) is 39.5. The van der Waals surface area contributed by atoms with Gasteiger partial charge in [-0.25, -0.2) is 10.2 Å². The Morgan fingerprint density at radius 1 is 0.543 bits per heavy atom. The lowest BCUT2D eigenvalue weighted by atomic mass is 9.46. The summed E-state index contributed by atoms with van der Waals surface area (Å²) in [6.45, 7) is 32.6. The normalized spacial score (nSPS) is 38.1. The van der Waals surface area contributed by atoms with E-state index in [1.165, 1.54) is 44.9 Å². The van der Waals surface area contributed by atoms with E-state index in [0.717, 1.165) is 164 Å². The topological polar surface area (TPSA) is 123 Å². The monoisotopic (exact) mass is 1280 g/mol. The van der Waals surface area contributed by atoms with Gasteiger partial charge in [0, 0.05) is 42.5 Å². The summed E-state index contributed by atoms with van der Waals surface area (Å²) in [6.07, 6.45) is 43.5. The summed E-state index contributed by atoms with van der Waals surface area (Å²) in [4.78, 5) is 46.0. The predicted molar refractivity (Wildman–Crippen MR) is 377 cm³/mol. The Morgan fingerprint density at radius 3 is 1.33 bits per heavy atom. The van der Waals surface area contributed by atoms with Crippen molar-refractivity contribution in [3.05, 3.63) is 69.9 Å². The molecule has 9 nitrogen and oxygen atoms in total. The fourth-order valence-corrected chi connectivity index (χ4v) is 26.4. The molecule has 20 rings (SSSR count). The van der Waals surface area contributed by atoms with Crippen LogP contribution in [0.15, 0.2) is 69.9 Å². The lowest BCUT2D eigenvalue weighted by molar-refractivity contribution is -0.175. The van der Waals surface area contributed by atoms with Crippen LogP contribution in [0.1, 0.15) is 256 Å². The van der Waals surface area contributed by atoms with Crippen molar-refractivity contribution >= 4 is 29.7 Å². The first-order chi connectivity index (χ1) is 43.7. The van der Waals surface area contributed by atoms with Gasteiger partial charge < -0.3 is 15.7 Å². The van der Waals surface area contributed by atoms with Gasteiger partial charge in [0.1, 0.15) is 5.54 Å². The molecular weight excluding hydrogens is 1150 g/mol. The molecule has 0 aromatic rings. The highest BCUT2D eigenvalue weighted by atomic mass is 32.2. The van der Waals surface area contributed by atoms with E-state index in [9.17, 15) is 14.7 Å². The zero-order valence-electron chi connectivity index (χ0n) is 59.6. The first-order valence-electron chi connectivity index (χ1n) is 38.5. The van der Waals surface area contributed by atoms with E-state index in [1.54, 1.807) is 33.4 Å². The number of thioether (sulfide) groups is 1. The van der Waals surface area contributed by atoms with Crippen LogP contribution in [0.3, 0.4) is 0 Å². The number of hydrazine groups is 1. The van der Waals surface area contributed by atoms with E-state index < -0.39 is 16.9 Å². The van der Waals surface area contributed by atoms with Crippen LogP contribution in [-0.2, 0) is 9.59 Å². The zero-order chi connectivity index (χ0) is 64.7. The molecular formula is C82H125N5O4S. The van der Waals surface area contributed by atoms with Gasteiger partial charge in [-0.1, -0.05) is 159 Å². The molecule has 508 valence electrons. The zero-order valence-corrected chi connectivity index (χ0v) is 60.5. The van der Waals surface area contributed by atoms with Crippen LogP contribution < -0.4 is 21.5 Å². The van der Waals surface area contributed by atoms with Gasteiger partial charge in [-0.2, -0.15) is 11.8 Å². The van der Waals surface area contributed by atoms with Gasteiger partial charge in [-0.15, -0.1) is 0 Å². The number of carboxylic acids is 1. The Kier molecular flexibility index (Phi) is 17.6. The summed E-state index contributed by atoms with van der Waals surface area (Å²) in [6, 6.07) is 0.338. The van der Waals surface area contributed by atoms with Gasteiger partial charge in [0.2, 0.25) is 5.91 Å². The molecule has 5 N–H and O–H groups in total. The van der Waals surface area contributed by atoms with Crippen molar-refractivity contribution in [2.75, 3.05) is 25.4 Å². The number of carbonyl (C=O) groups excluding carboxylic acids is 2. The maximum Gasteiger partial charge on any atom is 0.324 e. The van der Waals surface area contributed by atoms with Crippen LogP contribution in [0.4, 0.5) is 4.79 Å². The summed E-state index contributed by atoms with van der Waals surface area (Å²) >= 11 is 1.95. The van der Waals surface area contributed by atoms with Crippen LogP contribution in [0.5, 0.6) is 0 Å². The van der Waals surface area contributed by atoms with E-state index >= 15 is 4.79 Å². The molecule has 17 atom stereocenters. The second kappa shape index (κ2) is 24.4. The standard InChI is InChI=1S/C82H125N5O4S/c1-75(2)57-25-18-50(63(75)43-57)17-24-56(34-40-83-86-71(88)16-14-13-15-70-72-69(49-92-70)84-74(91)85-72)81(37-31-51-19-26-58-44-64(51)76(58,3)4,38-32-52-20-27-59-45-65(52)77(59,5)6)82(73(89)90,39-33-53-21-28-60-46-66(53)78(60,7)8)87(41-35-54-22-29-61-47-67(54)79(61,9)10)42-36-55-23-30-62-48-68(55)80(62,11)12/h18-23,56-70,72,83H,13-17,24-49H2,1-12H3,(H,86,88)(H,89,90)(H2,84,85,91)/t56?,57?,58?,59?,60?,61?,62?,63?,64?,65?,66?,67?,68?,69-,70-,72-,81?,82+/m0/s1. The van der Waals surface area contributed by atoms with E-state index in [4.69, 9.17) is 0 Å². The number of hydrogen-bond acceptors (Lipinski definition) is 6. The number of nitrogens with one attached hydrogen (secondary N) is 4. The van der Waals surface area contributed by atoms with Crippen molar-refractivity contribution in [1.29, 1.82) is 0 Å². The Bertz CT molecular complexity index is 2960. The third kappa shape index (κ3) is 11.0. The molecule has 0 aromatic carbocycles. The average Bonchev–Trinajstić information content (AvgIpc) is 0.869. The molecule has 92 heavy (non-hydrogen) atoms. The number of carboxylic acid groups (broad SMARTS) is 1. The number of allylic oxidation sites excluding steroid dienone is 10. The molecule has 13 unspecified atom stereocenters. The van der Waals surface area contributed by atoms with Gasteiger partial charge in [-0.05, 0) is 270 Å². The number of aliphatic carboxylic acids is 1. The minimum Gasteiger partial charge on any atom is -0.480 e. The molecule has 3 amide bonds. The maximum atomic E-state index is 16.9. The van der Waals surface area contributed by atoms with Crippen molar-refractivity contribution in [1.82, 2.24) is 26.4 Å². The van der Waals surface area contributed by atoms with Crippen molar-refractivity contribution in [3.8, 4) is 0 Å². The molecule has 2 heterocycles. The van der Waals surface area contributed by atoms with Crippen LogP contribution in [0, 0.1) is 115 Å². The number of hydrogen-bond donors (Lipinski definition) is 5. The number of nitrogens with zero attached hydrogens (tertiary/aromatic N) is 1. The van der Waals surface area contributed by atoms with Crippen molar-refractivity contribution in [2.24, 2.45) is 115 Å². The van der Waals surface area contributed by atoms with Gasteiger partial charge >= 0.3 is 12.0 Å². The number of fused-ring (bicyclic) bond motifs is 7. The summed E-state index contributed by atoms with van der Waals surface area (Å²) < 4.78 is 0. The largest absolute Gasteiger partial charge is 0.480 e. The number of unbranched alkanes of at least 4 members (excludes halogenated alkanes) is 1. The average molecular weight is 1280 g/mol. The molecule has 2 saturated heterocycles. The van der Waals surface area contributed by atoms with Gasteiger partial charge in [0.25, 0.3) is 0 Å². The van der Waals surface area contributed by atoms with E-state index in [-0.39, 0.29) is 57.0 Å². The highest BCUT2D eigenvalue weighted by molar-refractivity contribution is 8.00. The number of amides is 3. The smallest absolute Gasteiger partial charge is 0.324 e. The first kappa shape index (κ1) is 66.2. The van der Waals surface area contributed by atoms with Gasteiger partial charge in [0.15, 0.2) is 0 Å². The number of urea groups is 1. The molecule has 18 aliphatic carbocycles. The minimum absolute atomic E-state index is 0.0370. The molecule has 20 aliphatic rings. The lowest BCUT2D eigenvalue weighted by Gasteiger charge is -2.62. The summed E-state index contributed by atoms with van der Waals surface area (Å²) in [7, 11) is 0. The second-order valence-electron chi connectivity index (χ2n) is 37.6. The quantitative estimate of drug-likeness (QED) is 0.0203. The predicted octanol–water partition coefficient (Wildman–Crippen LogP) is 18.3. The van der Waals surface area contributed by atoms with Crippen molar-refractivity contribution < 1.29 is 19.5 Å². The SMILES string of the molecule is CC1(C)C2CC=C(CCC(CCNNC(=O)CCCC[C@@H]3SC[C@@H]4NC(=O)N[C@@H]43)C(CCC3=CCC4CC3C4(C)C)(CCC3=CCC4CC3C4(C)C)[C@@](CCC3=CCC4CC3C4(C)C)(C(=O)O)N(CCC3=CCC4CC3C4(C)C)CCC3=CCC4CC3C4(C)C)C1C2. The Morgan fingerprint density at radius 2 is 0.935 bits per heavy atom. The lowest BCUT2D eigenvalue weighted by Crippen LogP contribution is -2.68. The van der Waals surface area contributed by atoms with Crippen molar-refractivity contribution in [2.45, 2.75) is 279 Å². The number of carbonyl (C=O) groups is 3. The van der Waals surface area contributed by atoms with Crippen molar-refractivity contribution in [3.63, 3.8) is 0 Å². The molecule has 8 fully saturated rings. The summed E-state index contributed by atoms with van der Waals surface area (Å²) in [5.41, 5.74) is 16.4. The molecule has 2 aliphatic heterocycles. The minimum atomic E-state index is -1.18. The van der Waals surface area contributed by atoms with E-state index in [2.05, 4.69) is 146 Å². The van der Waals surface area contributed by atoms with Crippen LogP contribution in [0.25, 0.3) is 0 Å². The summed E-state index contributed by atoms with van der Waals surface area (Å²) in [5.74, 6) is 8.29. The molecule has 0 radical (unpaired) electrons. The van der Waals surface area contributed by atoms with Crippen LogP contribution in [0.2, 0.25) is 0 Å².